The van der Waals surface area contributed by atoms with Crippen molar-refractivity contribution in [3.05, 3.63) is 52.7 Å². The van der Waals surface area contributed by atoms with Crippen LogP contribution in [0.2, 0.25) is 0 Å². The molecule has 2 rings (SSSR count). The molecule has 2 heteroatoms. The topological polar surface area (TPSA) is 37.3 Å². The molecule has 0 heterocycles. The van der Waals surface area contributed by atoms with Gasteiger partial charge >= 0.3 is 0 Å². The highest BCUT2D eigenvalue weighted by Gasteiger charge is 1.98. The van der Waals surface area contributed by atoms with Crippen LogP contribution in [0.25, 0.3) is 10.8 Å². The van der Waals surface area contributed by atoms with E-state index >= 15 is 0 Å². The van der Waals surface area contributed by atoms with Gasteiger partial charge in [0.25, 0.3) is 0 Å². The molecule has 0 saturated carbocycles. The van der Waals surface area contributed by atoms with Crippen LogP contribution in [0.4, 0.5) is 0 Å². The minimum Gasteiger partial charge on any atom is -0.507 e. The first-order valence-electron chi connectivity index (χ1n) is 4.00. The molecule has 0 amide bonds. The summed E-state index contributed by atoms with van der Waals surface area (Å²) in [6.07, 6.45) is 0. The van der Waals surface area contributed by atoms with Gasteiger partial charge in [0.05, 0.1) is 0 Å². The van der Waals surface area contributed by atoms with E-state index in [1.165, 1.54) is 12.1 Å². The molecule has 0 radical (unpaired) electrons. The lowest BCUT2D eigenvalue weighted by Crippen LogP contribution is -1.93. The second kappa shape index (κ2) is 2.90. The SMILES string of the molecule is O=c1cccc(O)c2ccccc12. The zero-order valence-electron chi connectivity index (χ0n) is 6.90. The Kier molecular flexibility index (Phi) is 1.74. The monoisotopic (exact) mass is 172 g/mol. The molecular weight excluding hydrogens is 164 g/mol. The third kappa shape index (κ3) is 1.26. The van der Waals surface area contributed by atoms with Gasteiger partial charge in [-0.3, -0.25) is 4.79 Å². The maximum Gasteiger partial charge on any atom is 0.186 e. The molecular formula is C11H8O2. The average molecular weight is 172 g/mol. The van der Waals surface area contributed by atoms with Gasteiger partial charge in [0.2, 0.25) is 0 Å². The molecule has 2 aromatic rings. The van der Waals surface area contributed by atoms with Crippen molar-refractivity contribution < 1.29 is 5.11 Å². The van der Waals surface area contributed by atoms with E-state index in [2.05, 4.69) is 0 Å². The molecule has 0 aliphatic carbocycles. The van der Waals surface area contributed by atoms with E-state index in [0.29, 0.717) is 10.8 Å². The molecule has 2 aromatic carbocycles. The molecule has 0 aromatic heterocycles. The summed E-state index contributed by atoms with van der Waals surface area (Å²) in [6, 6.07) is 11.5. The van der Waals surface area contributed by atoms with E-state index in [-0.39, 0.29) is 11.2 Å². The fourth-order valence-corrected chi connectivity index (χ4v) is 1.33. The van der Waals surface area contributed by atoms with Crippen molar-refractivity contribution in [2.45, 2.75) is 0 Å². The van der Waals surface area contributed by atoms with Crippen molar-refractivity contribution in [1.82, 2.24) is 0 Å². The molecule has 2 nitrogen and oxygen atoms in total. The van der Waals surface area contributed by atoms with Crippen LogP contribution in [0.5, 0.6) is 5.75 Å². The van der Waals surface area contributed by atoms with Crippen molar-refractivity contribution in [2.75, 3.05) is 0 Å². The molecule has 0 bridgehead atoms. The fourth-order valence-electron chi connectivity index (χ4n) is 1.33. The van der Waals surface area contributed by atoms with E-state index in [4.69, 9.17) is 0 Å². The van der Waals surface area contributed by atoms with Crippen molar-refractivity contribution in [1.29, 1.82) is 0 Å². The van der Waals surface area contributed by atoms with Crippen LogP contribution in [0.3, 0.4) is 0 Å². The first-order chi connectivity index (χ1) is 6.29. The van der Waals surface area contributed by atoms with Crippen LogP contribution in [0.1, 0.15) is 0 Å². The Morgan fingerprint density at radius 2 is 1.54 bits per heavy atom. The summed E-state index contributed by atoms with van der Waals surface area (Å²) < 4.78 is 0. The van der Waals surface area contributed by atoms with Gasteiger partial charge in [-0.1, -0.05) is 30.3 Å². The van der Waals surface area contributed by atoms with Gasteiger partial charge in [0, 0.05) is 10.8 Å². The van der Waals surface area contributed by atoms with E-state index in [1.807, 2.05) is 0 Å². The Labute approximate surface area is 75.1 Å². The standard InChI is InChI=1S/C11H8O2/c12-10-6-3-7-11(13)9-5-2-1-4-8(9)10/h1-7,12H. The number of fused-ring (bicyclic) bond motifs is 1. The second-order valence-electron chi connectivity index (χ2n) is 2.82. The predicted molar refractivity (Wildman–Crippen MR) is 51.9 cm³/mol. The van der Waals surface area contributed by atoms with Gasteiger partial charge in [-0.2, -0.15) is 0 Å². The predicted octanol–water partition coefficient (Wildman–Crippen LogP) is 1.91. The van der Waals surface area contributed by atoms with Gasteiger partial charge in [0.15, 0.2) is 5.43 Å². The Morgan fingerprint density at radius 3 is 2.31 bits per heavy atom. The summed E-state index contributed by atoms with van der Waals surface area (Å²) in [5.41, 5.74) is -0.0732. The van der Waals surface area contributed by atoms with Gasteiger partial charge < -0.3 is 5.11 Å². The number of hydrogen-bond acceptors (Lipinski definition) is 2. The number of benzene rings is 1. The minimum absolute atomic E-state index is 0.0732. The molecule has 0 spiro atoms. The van der Waals surface area contributed by atoms with E-state index in [0.717, 1.165) is 0 Å². The summed E-state index contributed by atoms with van der Waals surface area (Å²) >= 11 is 0. The molecule has 64 valence electrons. The summed E-state index contributed by atoms with van der Waals surface area (Å²) in [7, 11) is 0. The number of aromatic hydroxyl groups is 1. The highest BCUT2D eigenvalue weighted by molar-refractivity contribution is 5.86. The van der Waals surface area contributed by atoms with Crippen molar-refractivity contribution in [3.8, 4) is 5.75 Å². The van der Waals surface area contributed by atoms with Gasteiger partial charge in [0.1, 0.15) is 5.75 Å². The van der Waals surface area contributed by atoms with E-state index < -0.39 is 0 Å². The molecule has 1 N–H and O–H groups in total. The molecule has 0 unspecified atom stereocenters. The van der Waals surface area contributed by atoms with Crippen molar-refractivity contribution >= 4 is 10.8 Å². The van der Waals surface area contributed by atoms with Crippen LogP contribution in [-0.4, -0.2) is 5.11 Å². The van der Waals surface area contributed by atoms with E-state index in [1.54, 1.807) is 30.3 Å². The first-order valence-corrected chi connectivity index (χ1v) is 4.00. The van der Waals surface area contributed by atoms with Crippen LogP contribution in [0, 0.1) is 0 Å². The average Bonchev–Trinajstić information content (AvgIpc) is 2.29. The highest BCUT2D eigenvalue weighted by Crippen LogP contribution is 2.19. The smallest absolute Gasteiger partial charge is 0.186 e. The Morgan fingerprint density at radius 1 is 0.846 bits per heavy atom. The Bertz CT molecular complexity index is 503. The molecule has 13 heavy (non-hydrogen) atoms. The largest absolute Gasteiger partial charge is 0.507 e. The normalized spacial score (nSPS) is 10.2. The maximum atomic E-state index is 11.4. The molecule has 0 fully saturated rings. The lowest BCUT2D eigenvalue weighted by molar-refractivity contribution is 0.482. The fraction of sp³-hybridized carbons (Fsp3) is 0. The van der Waals surface area contributed by atoms with Crippen LogP contribution < -0.4 is 5.43 Å². The molecule has 0 aliphatic rings. The van der Waals surface area contributed by atoms with Crippen LogP contribution >= 0.6 is 0 Å². The summed E-state index contributed by atoms with van der Waals surface area (Å²) in [5, 5.41) is 10.7. The molecule has 0 atom stereocenters. The highest BCUT2D eigenvalue weighted by atomic mass is 16.3. The van der Waals surface area contributed by atoms with Gasteiger partial charge in [-0.05, 0) is 12.1 Å². The Hall–Kier alpha value is -1.83. The summed E-state index contributed by atoms with van der Waals surface area (Å²) in [4.78, 5) is 11.4. The summed E-state index contributed by atoms with van der Waals surface area (Å²) in [6.45, 7) is 0. The summed E-state index contributed by atoms with van der Waals surface area (Å²) in [5.74, 6) is 0.137. The first kappa shape index (κ1) is 7.80. The molecule has 0 saturated heterocycles. The van der Waals surface area contributed by atoms with E-state index in [9.17, 15) is 9.90 Å². The van der Waals surface area contributed by atoms with Crippen LogP contribution in [0.15, 0.2) is 47.3 Å². The van der Waals surface area contributed by atoms with Crippen LogP contribution in [-0.2, 0) is 0 Å². The minimum atomic E-state index is -0.0732. The second-order valence-corrected chi connectivity index (χ2v) is 2.82. The number of hydrogen-bond donors (Lipinski definition) is 1. The quantitative estimate of drug-likeness (QED) is 0.659. The lowest BCUT2D eigenvalue weighted by Gasteiger charge is -1.92. The van der Waals surface area contributed by atoms with Crippen molar-refractivity contribution in [2.24, 2.45) is 0 Å². The van der Waals surface area contributed by atoms with Gasteiger partial charge in [-0.15, -0.1) is 0 Å². The zero-order valence-corrected chi connectivity index (χ0v) is 6.90. The van der Waals surface area contributed by atoms with Gasteiger partial charge in [-0.25, -0.2) is 0 Å². The third-order valence-electron chi connectivity index (χ3n) is 1.97. The maximum absolute atomic E-state index is 11.4. The Balaban J connectivity index is 3.10. The molecule has 0 aliphatic heterocycles. The lowest BCUT2D eigenvalue weighted by atomic mass is 10.2. The van der Waals surface area contributed by atoms with Crippen molar-refractivity contribution in [3.63, 3.8) is 0 Å². The zero-order chi connectivity index (χ0) is 9.26. The number of rotatable bonds is 0. The third-order valence-corrected chi connectivity index (χ3v) is 1.97.